The molecule has 29 heavy (non-hydrogen) atoms. The van der Waals surface area contributed by atoms with Gasteiger partial charge < -0.3 is 16.0 Å². The van der Waals surface area contributed by atoms with Crippen LogP contribution in [-0.4, -0.2) is 51.8 Å². The Hall–Kier alpha value is -2.25. The van der Waals surface area contributed by atoms with E-state index in [9.17, 15) is 4.79 Å². The zero-order chi connectivity index (χ0) is 20.1. The number of carbonyl (C=O) groups is 1. The lowest BCUT2D eigenvalue weighted by molar-refractivity contribution is -0.121. The van der Waals surface area contributed by atoms with Crippen molar-refractivity contribution in [2.75, 3.05) is 26.2 Å². The van der Waals surface area contributed by atoms with E-state index in [0.717, 1.165) is 37.4 Å². The molecule has 1 saturated heterocycles. The van der Waals surface area contributed by atoms with E-state index >= 15 is 0 Å². The van der Waals surface area contributed by atoms with E-state index in [2.05, 4.69) is 27.4 Å². The highest BCUT2D eigenvalue weighted by molar-refractivity contribution is 5.75. The minimum Gasteiger partial charge on any atom is -0.353 e. The van der Waals surface area contributed by atoms with Crippen molar-refractivity contribution in [3.05, 3.63) is 47.5 Å². The standard InChI is InChI=1S/C22H32N6O/c23-19(14-17-6-2-1-3-7-17)22-25-20(15-18-8-9-18)26-28(22)16-21(29)24-10-13-27-11-4-5-12-27/h1-3,6-7,18-19H,4-5,8-16,23H2,(H,24,29)/t19-/m1/s1. The Labute approximate surface area is 172 Å². The van der Waals surface area contributed by atoms with Gasteiger partial charge in [-0.25, -0.2) is 9.67 Å². The summed E-state index contributed by atoms with van der Waals surface area (Å²) in [7, 11) is 0. The Morgan fingerprint density at radius 3 is 2.69 bits per heavy atom. The molecule has 0 unspecified atom stereocenters. The van der Waals surface area contributed by atoms with Crippen LogP contribution in [0.5, 0.6) is 0 Å². The highest BCUT2D eigenvalue weighted by Gasteiger charge is 2.26. The molecule has 0 spiro atoms. The summed E-state index contributed by atoms with van der Waals surface area (Å²) >= 11 is 0. The number of hydrogen-bond acceptors (Lipinski definition) is 5. The van der Waals surface area contributed by atoms with Gasteiger partial charge in [0.15, 0.2) is 5.82 Å². The normalized spacial score (nSPS) is 18.1. The number of nitrogens with zero attached hydrogens (tertiary/aromatic N) is 4. The SMILES string of the molecule is N[C@H](Cc1ccccc1)c1nc(CC2CC2)nn1CC(=O)NCCN1CCCC1. The summed E-state index contributed by atoms with van der Waals surface area (Å²) in [5, 5.41) is 7.66. The molecule has 1 saturated carbocycles. The third kappa shape index (κ3) is 5.87. The first-order valence-electron chi connectivity index (χ1n) is 10.9. The second kappa shape index (κ2) is 9.50. The number of rotatable bonds is 10. The van der Waals surface area contributed by atoms with Crippen LogP contribution in [0.2, 0.25) is 0 Å². The van der Waals surface area contributed by atoms with Crippen LogP contribution in [0.1, 0.15) is 48.9 Å². The van der Waals surface area contributed by atoms with Gasteiger partial charge in [0.05, 0.1) is 6.04 Å². The van der Waals surface area contributed by atoms with Crippen LogP contribution in [0.25, 0.3) is 0 Å². The maximum absolute atomic E-state index is 12.5. The Morgan fingerprint density at radius 2 is 1.97 bits per heavy atom. The zero-order valence-electron chi connectivity index (χ0n) is 17.1. The Balaban J connectivity index is 1.38. The molecule has 2 fully saturated rings. The summed E-state index contributed by atoms with van der Waals surface area (Å²) in [5.41, 5.74) is 7.64. The average molecular weight is 397 g/mol. The predicted octanol–water partition coefficient (Wildman–Crippen LogP) is 1.69. The van der Waals surface area contributed by atoms with Crippen LogP contribution in [0.4, 0.5) is 0 Å². The zero-order valence-corrected chi connectivity index (χ0v) is 17.1. The van der Waals surface area contributed by atoms with Crippen molar-refractivity contribution >= 4 is 5.91 Å². The minimum atomic E-state index is -0.282. The van der Waals surface area contributed by atoms with Crippen molar-refractivity contribution in [2.24, 2.45) is 11.7 Å². The van der Waals surface area contributed by atoms with Gasteiger partial charge in [-0.1, -0.05) is 30.3 Å². The highest BCUT2D eigenvalue weighted by atomic mass is 16.2. The summed E-state index contributed by atoms with van der Waals surface area (Å²) in [6.07, 6.45) is 6.58. The summed E-state index contributed by atoms with van der Waals surface area (Å²) in [6.45, 7) is 4.05. The molecular weight excluding hydrogens is 364 g/mol. The molecule has 1 aliphatic heterocycles. The van der Waals surface area contributed by atoms with Crippen molar-refractivity contribution in [2.45, 2.75) is 51.1 Å². The Kier molecular flexibility index (Phi) is 6.56. The Morgan fingerprint density at radius 1 is 1.21 bits per heavy atom. The first-order valence-corrected chi connectivity index (χ1v) is 10.9. The van der Waals surface area contributed by atoms with Crippen LogP contribution in [0, 0.1) is 5.92 Å². The molecule has 2 heterocycles. The number of hydrogen-bond donors (Lipinski definition) is 2. The number of carbonyl (C=O) groups excluding carboxylic acids is 1. The van der Waals surface area contributed by atoms with Crippen molar-refractivity contribution in [3.63, 3.8) is 0 Å². The van der Waals surface area contributed by atoms with Gasteiger partial charge in [0.2, 0.25) is 5.91 Å². The molecule has 4 rings (SSSR count). The lowest BCUT2D eigenvalue weighted by Gasteiger charge is -2.15. The molecular formula is C22H32N6O. The number of nitrogens with one attached hydrogen (secondary N) is 1. The molecule has 7 heteroatoms. The third-order valence-corrected chi connectivity index (χ3v) is 5.78. The first-order chi connectivity index (χ1) is 14.2. The molecule has 1 amide bonds. The summed E-state index contributed by atoms with van der Waals surface area (Å²) in [6, 6.07) is 9.87. The quantitative estimate of drug-likeness (QED) is 0.638. The van der Waals surface area contributed by atoms with Crippen LogP contribution in [-0.2, 0) is 24.2 Å². The number of amides is 1. The second-order valence-electron chi connectivity index (χ2n) is 8.39. The lowest BCUT2D eigenvalue weighted by Crippen LogP contribution is -2.36. The van der Waals surface area contributed by atoms with E-state index in [1.807, 2.05) is 18.2 Å². The van der Waals surface area contributed by atoms with Crippen molar-refractivity contribution < 1.29 is 4.79 Å². The number of aromatic nitrogens is 3. The fraction of sp³-hybridized carbons (Fsp3) is 0.591. The molecule has 1 aromatic carbocycles. The van der Waals surface area contributed by atoms with Gasteiger partial charge in [0.25, 0.3) is 0 Å². The monoisotopic (exact) mass is 396 g/mol. The summed E-state index contributed by atoms with van der Waals surface area (Å²) in [4.78, 5) is 19.6. The second-order valence-corrected chi connectivity index (χ2v) is 8.39. The maximum Gasteiger partial charge on any atom is 0.241 e. The summed E-state index contributed by atoms with van der Waals surface area (Å²) < 4.78 is 1.72. The van der Waals surface area contributed by atoms with E-state index < -0.39 is 0 Å². The van der Waals surface area contributed by atoms with Crippen LogP contribution >= 0.6 is 0 Å². The van der Waals surface area contributed by atoms with E-state index in [1.165, 1.54) is 25.7 Å². The predicted molar refractivity (Wildman–Crippen MR) is 112 cm³/mol. The highest BCUT2D eigenvalue weighted by Crippen LogP contribution is 2.32. The molecule has 1 aliphatic carbocycles. The van der Waals surface area contributed by atoms with Crippen molar-refractivity contribution in [1.29, 1.82) is 0 Å². The molecule has 0 radical (unpaired) electrons. The van der Waals surface area contributed by atoms with E-state index in [1.54, 1.807) is 4.68 Å². The average Bonchev–Trinajstić information content (AvgIpc) is 3.20. The van der Waals surface area contributed by atoms with Gasteiger partial charge in [0, 0.05) is 19.5 Å². The maximum atomic E-state index is 12.5. The van der Waals surface area contributed by atoms with E-state index in [-0.39, 0.29) is 18.5 Å². The van der Waals surface area contributed by atoms with Gasteiger partial charge >= 0.3 is 0 Å². The molecule has 2 aromatic rings. The van der Waals surface area contributed by atoms with Crippen molar-refractivity contribution in [3.8, 4) is 0 Å². The van der Waals surface area contributed by atoms with Gasteiger partial charge in [-0.15, -0.1) is 0 Å². The van der Waals surface area contributed by atoms with Crippen molar-refractivity contribution in [1.82, 2.24) is 25.0 Å². The topological polar surface area (TPSA) is 89.1 Å². The molecule has 1 aromatic heterocycles. The van der Waals surface area contributed by atoms with Gasteiger partial charge in [-0.2, -0.15) is 5.10 Å². The lowest BCUT2D eigenvalue weighted by atomic mass is 10.1. The van der Waals surface area contributed by atoms with Crippen LogP contribution < -0.4 is 11.1 Å². The Bertz CT molecular complexity index is 795. The van der Waals surface area contributed by atoms with Crippen LogP contribution in [0.15, 0.2) is 30.3 Å². The van der Waals surface area contributed by atoms with E-state index in [4.69, 9.17) is 10.7 Å². The summed E-state index contributed by atoms with van der Waals surface area (Å²) in [5.74, 6) is 2.19. The smallest absolute Gasteiger partial charge is 0.241 e. The van der Waals surface area contributed by atoms with Gasteiger partial charge in [-0.05, 0) is 56.7 Å². The fourth-order valence-electron chi connectivity index (χ4n) is 3.97. The molecule has 2 aliphatic rings. The number of benzene rings is 1. The fourth-order valence-corrected chi connectivity index (χ4v) is 3.97. The molecule has 1 atom stereocenters. The molecule has 0 bridgehead atoms. The van der Waals surface area contributed by atoms with E-state index in [0.29, 0.717) is 24.7 Å². The first kappa shape index (κ1) is 20.0. The molecule has 7 nitrogen and oxygen atoms in total. The number of likely N-dealkylation sites (tertiary alicyclic amines) is 1. The van der Waals surface area contributed by atoms with Gasteiger partial charge in [0.1, 0.15) is 12.4 Å². The largest absolute Gasteiger partial charge is 0.353 e. The van der Waals surface area contributed by atoms with Gasteiger partial charge in [-0.3, -0.25) is 4.79 Å². The minimum absolute atomic E-state index is 0.0276. The third-order valence-electron chi connectivity index (χ3n) is 5.78. The molecule has 156 valence electrons. The van der Waals surface area contributed by atoms with Crippen LogP contribution in [0.3, 0.4) is 0 Å². The number of nitrogens with two attached hydrogens (primary N) is 1. The molecule has 3 N–H and O–H groups in total.